The molecule has 0 rings (SSSR count). The number of allylic oxidation sites excluding steroid dienone is 1. The number of carboxylic acids is 1. The average Bonchev–Trinajstić information content (AvgIpc) is 1.89. The van der Waals surface area contributed by atoms with Gasteiger partial charge in [0.05, 0.1) is 6.26 Å². The number of carbonyl (C=O) groups is 1. The monoisotopic (exact) mass is 144 g/mol. The normalized spacial score (nSPS) is 8.20. The molecule has 10 heavy (non-hydrogen) atoms. The van der Waals surface area contributed by atoms with Crippen LogP contribution in [-0.4, -0.2) is 16.2 Å². The highest BCUT2D eigenvalue weighted by atomic mass is 16.4. The zero-order valence-corrected chi connectivity index (χ0v) is 6.16. The summed E-state index contributed by atoms with van der Waals surface area (Å²) >= 11 is 0. The molecule has 0 aromatic rings. The number of hydrogen-bond donors (Lipinski definition) is 2. The molecule has 0 aliphatic rings. The van der Waals surface area contributed by atoms with Crippen LogP contribution in [0.1, 0.15) is 13.8 Å². The van der Waals surface area contributed by atoms with Crippen LogP contribution in [-0.2, 0) is 4.79 Å². The van der Waals surface area contributed by atoms with Crippen molar-refractivity contribution in [2.24, 2.45) is 0 Å². The quantitative estimate of drug-likeness (QED) is 0.435. The van der Waals surface area contributed by atoms with E-state index in [1.807, 2.05) is 0 Å². The van der Waals surface area contributed by atoms with E-state index in [1.54, 1.807) is 13.0 Å². The summed E-state index contributed by atoms with van der Waals surface area (Å²) in [5.41, 5.74) is 0.176. The lowest BCUT2D eigenvalue weighted by Crippen LogP contribution is -1.92. The van der Waals surface area contributed by atoms with Gasteiger partial charge in [0.15, 0.2) is 0 Å². The van der Waals surface area contributed by atoms with Gasteiger partial charge in [-0.05, 0) is 13.8 Å². The van der Waals surface area contributed by atoms with Gasteiger partial charge in [-0.3, -0.25) is 0 Å². The van der Waals surface area contributed by atoms with E-state index in [0.29, 0.717) is 0 Å². The van der Waals surface area contributed by atoms with Crippen LogP contribution in [0.15, 0.2) is 24.5 Å². The summed E-state index contributed by atoms with van der Waals surface area (Å²) in [5, 5.41) is 15.6. The maximum absolute atomic E-state index is 9.60. The third-order valence-corrected chi connectivity index (χ3v) is 0.514. The lowest BCUT2D eigenvalue weighted by Gasteiger charge is -1.79. The maximum atomic E-state index is 9.60. The van der Waals surface area contributed by atoms with Crippen molar-refractivity contribution in [3.8, 4) is 0 Å². The zero-order valence-electron chi connectivity index (χ0n) is 6.16. The van der Waals surface area contributed by atoms with Gasteiger partial charge >= 0.3 is 5.97 Å². The molecule has 0 saturated carbocycles. The Labute approximate surface area is 60.3 Å². The van der Waals surface area contributed by atoms with Crippen LogP contribution in [0.2, 0.25) is 0 Å². The van der Waals surface area contributed by atoms with Gasteiger partial charge in [0.1, 0.15) is 0 Å². The Hall–Kier alpha value is -1.25. The molecule has 58 valence electrons. The molecule has 0 amide bonds. The second-order valence-corrected chi connectivity index (χ2v) is 1.57. The predicted molar refractivity (Wildman–Crippen MR) is 39.9 cm³/mol. The maximum Gasteiger partial charge on any atom is 0.330 e. The molecule has 0 atom stereocenters. The van der Waals surface area contributed by atoms with E-state index in [1.165, 1.54) is 6.92 Å². The molecule has 0 heterocycles. The van der Waals surface area contributed by atoms with E-state index in [0.717, 1.165) is 6.26 Å². The smallest absolute Gasteiger partial charge is 0.330 e. The largest absolute Gasteiger partial charge is 0.516 e. The lowest BCUT2D eigenvalue weighted by molar-refractivity contribution is -0.132. The number of hydrogen-bond acceptors (Lipinski definition) is 2. The van der Waals surface area contributed by atoms with Gasteiger partial charge < -0.3 is 10.2 Å². The fraction of sp³-hybridized carbons (Fsp3) is 0.286. The Morgan fingerprint density at radius 2 is 1.80 bits per heavy atom. The van der Waals surface area contributed by atoms with E-state index in [9.17, 15) is 4.79 Å². The number of aliphatic carboxylic acids is 1. The van der Waals surface area contributed by atoms with E-state index in [2.05, 4.69) is 6.58 Å². The predicted octanol–water partition coefficient (Wildman–Crippen LogP) is 1.73. The highest BCUT2D eigenvalue weighted by Gasteiger charge is 1.90. The van der Waals surface area contributed by atoms with Crippen molar-refractivity contribution in [1.82, 2.24) is 0 Å². The van der Waals surface area contributed by atoms with E-state index in [4.69, 9.17) is 10.2 Å². The van der Waals surface area contributed by atoms with Crippen LogP contribution in [0, 0.1) is 0 Å². The first-order valence-electron chi connectivity index (χ1n) is 2.70. The minimum Gasteiger partial charge on any atom is -0.516 e. The summed E-state index contributed by atoms with van der Waals surface area (Å²) in [4.78, 5) is 9.60. The number of rotatable bonds is 1. The molecule has 0 saturated heterocycles. The fourth-order valence-corrected chi connectivity index (χ4v) is 0. The van der Waals surface area contributed by atoms with Crippen LogP contribution >= 0.6 is 0 Å². The molecule has 2 N–H and O–H groups in total. The first-order valence-corrected chi connectivity index (χ1v) is 2.70. The summed E-state index contributed by atoms with van der Waals surface area (Å²) in [6.07, 6.45) is 2.56. The molecular weight excluding hydrogens is 132 g/mol. The Bertz CT molecular complexity index is 120. The van der Waals surface area contributed by atoms with Crippen molar-refractivity contribution in [2.75, 3.05) is 0 Å². The van der Waals surface area contributed by atoms with Crippen LogP contribution < -0.4 is 0 Å². The van der Waals surface area contributed by atoms with Gasteiger partial charge in [0, 0.05) is 5.57 Å². The number of carboxylic acid groups (broad SMARTS) is 1. The molecule has 0 bridgehead atoms. The second-order valence-electron chi connectivity index (χ2n) is 1.57. The van der Waals surface area contributed by atoms with Gasteiger partial charge in [-0.2, -0.15) is 0 Å². The molecule has 0 aliphatic carbocycles. The van der Waals surface area contributed by atoms with Gasteiger partial charge in [0.2, 0.25) is 0 Å². The zero-order chi connectivity index (χ0) is 8.57. The van der Waals surface area contributed by atoms with Crippen molar-refractivity contribution < 1.29 is 15.0 Å². The third kappa shape index (κ3) is 15.9. The Kier molecular flexibility index (Phi) is 8.94. The third-order valence-electron chi connectivity index (χ3n) is 0.514. The van der Waals surface area contributed by atoms with Crippen LogP contribution in [0.5, 0.6) is 0 Å². The van der Waals surface area contributed by atoms with Gasteiger partial charge in [-0.25, -0.2) is 4.79 Å². The summed E-state index contributed by atoms with van der Waals surface area (Å²) in [6, 6.07) is 0. The summed E-state index contributed by atoms with van der Waals surface area (Å²) in [6.45, 7) is 6.35. The van der Waals surface area contributed by atoms with E-state index >= 15 is 0 Å². The molecule has 3 nitrogen and oxygen atoms in total. The number of aliphatic hydroxyl groups is 1. The Morgan fingerprint density at radius 3 is 1.80 bits per heavy atom. The minimum atomic E-state index is -0.935. The molecule has 0 spiro atoms. The van der Waals surface area contributed by atoms with Crippen molar-refractivity contribution >= 4 is 5.97 Å². The first kappa shape index (κ1) is 11.5. The topological polar surface area (TPSA) is 57.5 Å². The van der Waals surface area contributed by atoms with Crippen LogP contribution in [0.4, 0.5) is 0 Å². The van der Waals surface area contributed by atoms with Crippen LogP contribution in [0.3, 0.4) is 0 Å². The van der Waals surface area contributed by atoms with Crippen molar-refractivity contribution in [3.63, 3.8) is 0 Å². The summed E-state index contributed by atoms with van der Waals surface area (Å²) in [5.74, 6) is -0.935. The fourth-order valence-electron chi connectivity index (χ4n) is 0. The van der Waals surface area contributed by atoms with Gasteiger partial charge in [0.25, 0.3) is 0 Å². The molecule has 3 heteroatoms. The highest BCUT2D eigenvalue weighted by molar-refractivity contribution is 5.84. The molecular formula is C7H12O3. The number of aliphatic hydroxyl groups excluding tert-OH is 1. The van der Waals surface area contributed by atoms with E-state index in [-0.39, 0.29) is 5.57 Å². The van der Waals surface area contributed by atoms with Gasteiger partial charge in [-0.15, -0.1) is 0 Å². The summed E-state index contributed by atoms with van der Waals surface area (Å²) < 4.78 is 0. The molecule has 0 aliphatic heterocycles. The molecule has 0 fully saturated rings. The van der Waals surface area contributed by atoms with Gasteiger partial charge in [-0.1, -0.05) is 12.7 Å². The second kappa shape index (κ2) is 7.75. The van der Waals surface area contributed by atoms with Crippen LogP contribution in [0.25, 0.3) is 0 Å². The lowest BCUT2D eigenvalue weighted by atomic mass is 10.4. The minimum absolute atomic E-state index is 0.176. The Morgan fingerprint density at radius 1 is 1.60 bits per heavy atom. The standard InChI is InChI=1S/C4H6O2.C3H6O/c1-3(2)4(5)6;1-2-3-4/h1H2,2H3,(H,5,6);2-4H,1H3. The van der Waals surface area contributed by atoms with E-state index < -0.39 is 5.97 Å². The molecule has 0 unspecified atom stereocenters. The SMILES string of the molecule is C=C(C)C(=O)O.CC=CO. The van der Waals surface area contributed by atoms with Crippen molar-refractivity contribution in [2.45, 2.75) is 13.8 Å². The highest BCUT2D eigenvalue weighted by Crippen LogP contribution is 1.81. The Balaban J connectivity index is 0. The molecule has 0 aromatic heterocycles. The first-order chi connectivity index (χ1) is 4.56. The molecule has 0 aromatic carbocycles. The van der Waals surface area contributed by atoms with Crippen molar-refractivity contribution in [1.29, 1.82) is 0 Å². The van der Waals surface area contributed by atoms with Crippen molar-refractivity contribution in [3.05, 3.63) is 24.5 Å². The average molecular weight is 144 g/mol. The summed E-state index contributed by atoms with van der Waals surface area (Å²) in [7, 11) is 0. The molecule has 0 radical (unpaired) electrons.